The standard InChI is InChI=1S/C17H20ClN5OS/c18-15-5-4-14(25-15)13-21-9-7-20(8-10-21)11-12-23-17(24)22-6-2-1-3-16(22)19-23/h1-6H,7-13H2. The molecule has 0 bridgehead atoms. The number of nitrogens with zero attached hydrogens (tertiary/aromatic N) is 5. The second-order valence-corrected chi connectivity index (χ2v) is 8.06. The summed E-state index contributed by atoms with van der Waals surface area (Å²) in [7, 11) is 0. The molecule has 0 N–H and O–H groups in total. The van der Waals surface area contributed by atoms with Gasteiger partial charge in [-0.25, -0.2) is 9.48 Å². The first-order valence-corrected chi connectivity index (χ1v) is 9.61. The van der Waals surface area contributed by atoms with Crippen molar-refractivity contribution in [3.63, 3.8) is 0 Å². The second-order valence-electron chi connectivity index (χ2n) is 6.26. The third-order valence-corrected chi connectivity index (χ3v) is 5.81. The number of piperazine rings is 1. The minimum atomic E-state index is -0.0659. The van der Waals surface area contributed by atoms with Crippen molar-refractivity contribution in [2.45, 2.75) is 13.1 Å². The van der Waals surface area contributed by atoms with Gasteiger partial charge in [0.2, 0.25) is 0 Å². The van der Waals surface area contributed by atoms with E-state index in [1.165, 1.54) is 4.88 Å². The van der Waals surface area contributed by atoms with Gasteiger partial charge in [-0.3, -0.25) is 14.2 Å². The Morgan fingerprint density at radius 1 is 1.04 bits per heavy atom. The predicted octanol–water partition coefficient (Wildman–Crippen LogP) is 2.03. The van der Waals surface area contributed by atoms with E-state index < -0.39 is 0 Å². The van der Waals surface area contributed by atoms with Gasteiger partial charge in [-0.05, 0) is 24.3 Å². The summed E-state index contributed by atoms with van der Waals surface area (Å²) in [6, 6.07) is 9.67. The summed E-state index contributed by atoms with van der Waals surface area (Å²) in [4.78, 5) is 18.5. The average Bonchev–Trinajstić information content (AvgIpc) is 3.18. The largest absolute Gasteiger partial charge is 0.350 e. The van der Waals surface area contributed by atoms with Gasteiger partial charge in [0.15, 0.2) is 5.65 Å². The highest BCUT2D eigenvalue weighted by molar-refractivity contribution is 7.16. The fourth-order valence-electron chi connectivity index (χ4n) is 3.18. The highest BCUT2D eigenvalue weighted by Crippen LogP contribution is 2.23. The molecule has 0 unspecified atom stereocenters. The molecule has 0 aliphatic carbocycles. The number of thiophene rings is 1. The Kier molecular flexibility index (Phi) is 4.89. The molecule has 4 heterocycles. The van der Waals surface area contributed by atoms with Crippen molar-refractivity contribution in [2.24, 2.45) is 0 Å². The van der Waals surface area contributed by atoms with Crippen LogP contribution in [0.15, 0.2) is 41.3 Å². The van der Waals surface area contributed by atoms with Crippen molar-refractivity contribution in [1.29, 1.82) is 0 Å². The molecule has 0 radical (unpaired) electrons. The van der Waals surface area contributed by atoms with Crippen LogP contribution in [0.1, 0.15) is 4.88 Å². The lowest BCUT2D eigenvalue weighted by Gasteiger charge is -2.34. The summed E-state index contributed by atoms with van der Waals surface area (Å²) in [5.74, 6) is 0. The van der Waals surface area contributed by atoms with E-state index in [0.717, 1.165) is 43.6 Å². The van der Waals surface area contributed by atoms with E-state index in [-0.39, 0.29) is 5.69 Å². The van der Waals surface area contributed by atoms with Crippen molar-refractivity contribution in [2.75, 3.05) is 32.7 Å². The van der Waals surface area contributed by atoms with E-state index in [0.29, 0.717) is 12.2 Å². The van der Waals surface area contributed by atoms with Crippen LogP contribution in [0, 0.1) is 0 Å². The molecule has 4 rings (SSSR count). The molecule has 0 atom stereocenters. The van der Waals surface area contributed by atoms with Crippen LogP contribution in [-0.2, 0) is 13.1 Å². The lowest BCUT2D eigenvalue weighted by atomic mass is 10.3. The molecule has 1 aliphatic rings. The molecule has 3 aromatic heterocycles. The monoisotopic (exact) mass is 377 g/mol. The van der Waals surface area contributed by atoms with Crippen LogP contribution in [0.4, 0.5) is 0 Å². The second kappa shape index (κ2) is 7.29. The summed E-state index contributed by atoms with van der Waals surface area (Å²) in [6.07, 6.45) is 1.76. The molecule has 1 aliphatic heterocycles. The maximum absolute atomic E-state index is 12.3. The summed E-state index contributed by atoms with van der Waals surface area (Å²) < 4.78 is 4.01. The van der Waals surface area contributed by atoms with E-state index in [9.17, 15) is 4.79 Å². The van der Waals surface area contributed by atoms with E-state index in [1.54, 1.807) is 26.6 Å². The summed E-state index contributed by atoms with van der Waals surface area (Å²) in [6.45, 7) is 6.55. The maximum Gasteiger partial charge on any atom is 0.350 e. The Labute approximate surface area is 154 Å². The Bertz CT molecular complexity index is 909. The van der Waals surface area contributed by atoms with Crippen LogP contribution >= 0.6 is 22.9 Å². The third-order valence-electron chi connectivity index (χ3n) is 4.59. The fourth-order valence-corrected chi connectivity index (χ4v) is 4.31. The Morgan fingerprint density at radius 3 is 2.56 bits per heavy atom. The third kappa shape index (κ3) is 3.79. The molecule has 1 saturated heterocycles. The molecule has 3 aromatic rings. The van der Waals surface area contributed by atoms with Gasteiger partial charge in [-0.2, -0.15) is 0 Å². The lowest BCUT2D eigenvalue weighted by Crippen LogP contribution is -2.47. The van der Waals surface area contributed by atoms with Gasteiger partial charge < -0.3 is 0 Å². The Balaban J connectivity index is 1.30. The lowest BCUT2D eigenvalue weighted by molar-refractivity contribution is 0.123. The van der Waals surface area contributed by atoms with Crippen molar-refractivity contribution in [1.82, 2.24) is 24.0 Å². The van der Waals surface area contributed by atoms with Crippen molar-refractivity contribution < 1.29 is 0 Å². The van der Waals surface area contributed by atoms with Crippen LogP contribution < -0.4 is 5.69 Å². The number of hydrogen-bond donors (Lipinski definition) is 0. The van der Waals surface area contributed by atoms with E-state index in [1.807, 2.05) is 24.3 Å². The van der Waals surface area contributed by atoms with Gasteiger partial charge in [0, 0.05) is 50.3 Å². The Hall–Kier alpha value is -1.67. The van der Waals surface area contributed by atoms with Crippen molar-refractivity contribution >= 4 is 28.6 Å². The van der Waals surface area contributed by atoms with Gasteiger partial charge in [0.25, 0.3) is 0 Å². The van der Waals surface area contributed by atoms with E-state index >= 15 is 0 Å². The SMILES string of the molecule is O=c1n(CCN2CCN(Cc3ccc(Cl)s3)CC2)nc2ccccn12. The van der Waals surface area contributed by atoms with Crippen LogP contribution in [0.2, 0.25) is 4.34 Å². The molecule has 0 amide bonds. The van der Waals surface area contributed by atoms with Gasteiger partial charge in [0.1, 0.15) is 0 Å². The average molecular weight is 378 g/mol. The first kappa shape index (κ1) is 16.8. The van der Waals surface area contributed by atoms with E-state index in [2.05, 4.69) is 21.0 Å². The topological polar surface area (TPSA) is 45.8 Å². The normalized spacial score (nSPS) is 16.7. The molecule has 6 nitrogen and oxygen atoms in total. The number of rotatable bonds is 5. The van der Waals surface area contributed by atoms with Gasteiger partial charge in [-0.15, -0.1) is 16.4 Å². The smallest absolute Gasteiger partial charge is 0.299 e. The number of aromatic nitrogens is 3. The molecular formula is C17H20ClN5OS. The summed E-state index contributed by atoms with van der Waals surface area (Å²) in [5.41, 5.74) is 0.635. The van der Waals surface area contributed by atoms with Crippen LogP contribution in [-0.4, -0.2) is 56.7 Å². The zero-order valence-corrected chi connectivity index (χ0v) is 15.4. The first-order valence-electron chi connectivity index (χ1n) is 8.42. The molecule has 0 saturated carbocycles. The van der Waals surface area contributed by atoms with Crippen LogP contribution in [0.5, 0.6) is 0 Å². The fraction of sp³-hybridized carbons (Fsp3) is 0.412. The zero-order valence-electron chi connectivity index (χ0n) is 13.8. The van der Waals surface area contributed by atoms with Gasteiger partial charge in [-0.1, -0.05) is 17.7 Å². The minimum absolute atomic E-state index is 0.0659. The first-order chi connectivity index (χ1) is 12.2. The van der Waals surface area contributed by atoms with E-state index in [4.69, 9.17) is 11.6 Å². The molecule has 1 fully saturated rings. The molecular weight excluding hydrogens is 358 g/mol. The quantitative estimate of drug-likeness (QED) is 0.682. The maximum atomic E-state index is 12.3. The number of halogens is 1. The number of pyridine rings is 1. The molecule has 8 heteroatoms. The van der Waals surface area contributed by atoms with Crippen molar-refractivity contribution in [3.05, 3.63) is 56.2 Å². The zero-order chi connectivity index (χ0) is 17.2. The molecule has 0 spiro atoms. The molecule has 25 heavy (non-hydrogen) atoms. The van der Waals surface area contributed by atoms with Gasteiger partial charge >= 0.3 is 5.69 Å². The van der Waals surface area contributed by atoms with Gasteiger partial charge in [0.05, 0.1) is 10.9 Å². The van der Waals surface area contributed by atoms with Crippen LogP contribution in [0.25, 0.3) is 5.65 Å². The minimum Gasteiger partial charge on any atom is -0.299 e. The predicted molar refractivity (Wildman–Crippen MR) is 100 cm³/mol. The number of hydrogen-bond acceptors (Lipinski definition) is 5. The van der Waals surface area contributed by atoms with Crippen LogP contribution in [0.3, 0.4) is 0 Å². The Morgan fingerprint density at radius 2 is 1.84 bits per heavy atom. The highest BCUT2D eigenvalue weighted by atomic mass is 35.5. The van der Waals surface area contributed by atoms with Crippen molar-refractivity contribution in [3.8, 4) is 0 Å². The highest BCUT2D eigenvalue weighted by Gasteiger charge is 2.18. The summed E-state index contributed by atoms with van der Waals surface area (Å²) >= 11 is 7.65. The molecule has 132 valence electrons. The summed E-state index contributed by atoms with van der Waals surface area (Å²) in [5, 5.41) is 4.39. The molecule has 0 aromatic carbocycles. The number of fused-ring (bicyclic) bond motifs is 1.